The Morgan fingerprint density at radius 2 is 2.11 bits per heavy atom. The normalized spacial score (nSPS) is 44.3. The fourth-order valence-corrected chi connectivity index (χ4v) is 6.09. The number of fused-ring (bicyclic) bond motifs is 1. The number of alkyl halides is 1. The number of nitrogens with one attached hydrogen (secondary N) is 1. The van der Waals surface area contributed by atoms with E-state index >= 15 is 0 Å². The lowest BCUT2D eigenvalue weighted by molar-refractivity contribution is -0.120. The van der Waals surface area contributed by atoms with Crippen LogP contribution in [0.25, 0.3) is 0 Å². The van der Waals surface area contributed by atoms with Crippen LogP contribution in [0.1, 0.15) is 36.8 Å². The van der Waals surface area contributed by atoms with Crippen molar-refractivity contribution in [3.8, 4) is 0 Å². The molecule has 1 heterocycles. The van der Waals surface area contributed by atoms with Gasteiger partial charge < -0.3 is 10.4 Å². The van der Waals surface area contributed by atoms with E-state index in [0.717, 1.165) is 32.2 Å². The molecule has 4 rings (SSSR count). The van der Waals surface area contributed by atoms with Crippen LogP contribution in [-0.2, 0) is 11.8 Å². The number of rotatable bonds is 0. The summed E-state index contributed by atoms with van der Waals surface area (Å²) in [5.74, 6) is 0. The molecule has 2 unspecified atom stereocenters. The Labute approximate surface area is 122 Å². The summed E-state index contributed by atoms with van der Waals surface area (Å²) < 4.78 is 0. The Bertz CT molecular complexity index is 519. The van der Waals surface area contributed by atoms with Crippen LogP contribution in [0.3, 0.4) is 0 Å². The molecule has 1 aromatic carbocycles. The SMILES string of the molecule is OC12CCCC(Br)[C@@]13CCN[C@@H]2Cc1ccccc13. The van der Waals surface area contributed by atoms with Gasteiger partial charge in [-0.15, -0.1) is 0 Å². The molecule has 2 N–H and O–H groups in total. The molecular weight excluding hydrogens is 302 g/mol. The highest BCUT2D eigenvalue weighted by Gasteiger charge is 2.64. The summed E-state index contributed by atoms with van der Waals surface area (Å²) in [6.45, 7) is 1.02. The first-order chi connectivity index (χ1) is 9.18. The van der Waals surface area contributed by atoms with Gasteiger partial charge in [0.1, 0.15) is 0 Å². The average molecular weight is 322 g/mol. The van der Waals surface area contributed by atoms with Gasteiger partial charge in [-0.3, -0.25) is 0 Å². The van der Waals surface area contributed by atoms with Crippen molar-refractivity contribution < 1.29 is 5.11 Å². The largest absolute Gasteiger partial charge is 0.387 e. The zero-order valence-corrected chi connectivity index (χ0v) is 12.6. The van der Waals surface area contributed by atoms with E-state index in [1.807, 2.05) is 0 Å². The Kier molecular flexibility index (Phi) is 2.64. The van der Waals surface area contributed by atoms with Crippen LogP contribution < -0.4 is 5.32 Å². The molecule has 3 aliphatic rings. The Morgan fingerprint density at radius 1 is 1.26 bits per heavy atom. The molecule has 4 atom stereocenters. The van der Waals surface area contributed by atoms with E-state index in [9.17, 15) is 5.11 Å². The summed E-state index contributed by atoms with van der Waals surface area (Å²) in [6.07, 6.45) is 5.22. The van der Waals surface area contributed by atoms with Gasteiger partial charge in [0.2, 0.25) is 0 Å². The third-order valence-corrected chi connectivity index (χ3v) is 6.97. The lowest BCUT2D eigenvalue weighted by Gasteiger charge is -2.63. The van der Waals surface area contributed by atoms with Gasteiger partial charge >= 0.3 is 0 Å². The molecule has 3 heteroatoms. The maximum Gasteiger partial charge on any atom is 0.0910 e. The Hall–Kier alpha value is -0.380. The molecule has 1 saturated carbocycles. The number of aliphatic hydroxyl groups is 1. The van der Waals surface area contributed by atoms with Gasteiger partial charge in [-0.25, -0.2) is 0 Å². The van der Waals surface area contributed by atoms with Gasteiger partial charge in [0, 0.05) is 16.3 Å². The van der Waals surface area contributed by atoms with Crippen molar-refractivity contribution in [3.05, 3.63) is 35.4 Å². The monoisotopic (exact) mass is 321 g/mol. The van der Waals surface area contributed by atoms with E-state index < -0.39 is 5.60 Å². The zero-order chi connectivity index (χ0) is 13.1. The lowest BCUT2D eigenvalue weighted by Crippen LogP contribution is -2.74. The second-order valence-corrected chi connectivity index (χ2v) is 7.48. The first-order valence-electron chi connectivity index (χ1n) is 7.37. The predicted molar refractivity (Wildman–Crippen MR) is 79.7 cm³/mol. The molecule has 2 fully saturated rings. The van der Waals surface area contributed by atoms with Gasteiger partial charge in [0.25, 0.3) is 0 Å². The summed E-state index contributed by atoms with van der Waals surface area (Å²) in [5, 5.41) is 15.1. The minimum absolute atomic E-state index is 0.0873. The maximum atomic E-state index is 11.5. The molecule has 0 amide bonds. The van der Waals surface area contributed by atoms with Crippen LogP contribution in [0.15, 0.2) is 24.3 Å². The van der Waals surface area contributed by atoms with Crippen LogP contribution in [0.2, 0.25) is 0 Å². The van der Waals surface area contributed by atoms with E-state index in [2.05, 4.69) is 45.5 Å². The third-order valence-electron chi connectivity index (χ3n) is 5.73. The molecule has 19 heavy (non-hydrogen) atoms. The van der Waals surface area contributed by atoms with Gasteiger partial charge in [-0.2, -0.15) is 0 Å². The quantitative estimate of drug-likeness (QED) is 0.720. The Morgan fingerprint density at radius 3 is 3.00 bits per heavy atom. The molecule has 102 valence electrons. The van der Waals surface area contributed by atoms with Gasteiger partial charge in [0.05, 0.1) is 5.60 Å². The van der Waals surface area contributed by atoms with Crippen LogP contribution >= 0.6 is 15.9 Å². The molecule has 2 nitrogen and oxygen atoms in total. The van der Waals surface area contributed by atoms with Crippen molar-refractivity contribution in [2.75, 3.05) is 6.54 Å². The number of hydrogen-bond acceptors (Lipinski definition) is 2. The molecule has 2 bridgehead atoms. The highest BCUT2D eigenvalue weighted by molar-refractivity contribution is 9.09. The smallest absolute Gasteiger partial charge is 0.0910 e. The van der Waals surface area contributed by atoms with Gasteiger partial charge in [-0.05, 0) is 49.8 Å². The van der Waals surface area contributed by atoms with E-state index in [-0.39, 0.29) is 11.5 Å². The zero-order valence-electron chi connectivity index (χ0n) is 11.0. The number of benzene rings is 1. The van der Waals surface area contributed by atoms with Crippen molar-refractivity contribution in [1.29, 1.82) is 0 Å². The molecule has 0 aromatic heterocycles. The summed E-state index contributed by atoms with van der Waals surface area (Å²) in [6, 6.07) is 8.97. The van der Waals surface area contributed by atoms with Crippen LogP contribution in [0, 0.1) is 0 Å². The van der Waals surface area contributed by atoms with E-state index in [4.69, 9.17) is 0 Å². The van der Waals surface area contributed by atoms with Gasteiger partial charge in [0.15, 0.2) is 0 Å². The number of hydrogen-bond donors (Lipinski definition) is 2. The van der Waals surface area contributed by atoms with Gasteiger partial charge in [-0.1, -0.05) is 40.2 Å². The highest BCUT2D eigenvalue weighted by atomic mass is 79.9. The lowest BCUT2D eigenvalue weighted by atomic mass is 9.50. The molecule has 0 spiro atoms. The molecule has 1 aromatic rings. The van der Waals surface area contributed by atoms with E-state index in [1.165, 1.54) is 17.5 Å². The van der Waals surface area contributed by atoms with Crippen molar-refractivity contribution in [2.45, 2.75) is 54.0 Å². The van der Waals surface area contributed by atoms with Crippen LogP contribution in [0.4, 0.5) is 0 Å². The first-order valence-corrected chi connectivity index (χ1v) is 8.28. The standard InChI is InChI=1S/C16H20BrNO/c17-13-6-3-7-16(19)14-10-11-4-1-2-5-12(11)15(13,16)8-9-18-14/h1-2,4-5,13-14,18-19H,3,6-10H2/t13?,14-,15+,16?/m1/s1. The number of halogens is 1. The molecular formula is C16H20BrNO. The highest BCUT2D eigenvalue weighted by Crippen LogP contribution is 2.58. The summed E-state index contributed by atoms with van der Waals surface area (Å²) in [7, 11) is 0. The second kappa shape index (κ2) is 4.06. The van der Waals surface area contributed by atoms with Crippen molar-refractivity contribution in [2.24, 2.45) is 0 Å². The first kappa shape index (κ1) is 12.4. The summed E-state index contributed by atoms with van der Waals surface area (Å²) in [4.78, 5) is 0.393. The topological polar surface area (TPSA) is 32.3 Å². The fraction of sp³-hybridized carbons (Fsp3) is 0.625. The average Bonchev–Trinajstić information content (AvgIpc) is 2.39. The molecule has 1 aliphatic heterocycles. The van der Waals surface area contributed by atoms with Crippen LogP contribution in [0.5, 0.6) is 0 Å². The summed E-state index contributed by atoms with van der Waals surface area (Å²) in [5.41, 5.74) is 2.16. The second-order valence-electron chi connectivity index (χ2n) is 6.37. The van der Waals surface area contributed by atoms with Crippen molar-refractivity contribution in [3.63, 3.8) is 0 Å². The van der Waals surface area contributed by atoms with Crippen molar-refractivity contribution in [1.82, 2.24) is 5.32 Å². The predicted octanol–water partition coefficient (Wildman–Crippen LogP) is 2.52. The summed E-state index contributed by atoms with van der Waals surface area (Å²) >= 11 is 3.93. The number of piperidine rings is 1. The maximum absolute atomic E-state index is 11.5. The minimum atomic E-state index is -0.577. The van der Waals surface area contributed by atoms with E-state index in [1.54, 1.807) is 0 Å². The molecule has 1 saturated heterocycles. The van der Waals surface area contributed by atoms with Crippen LogP contribution in [-0.4, -0.2) is 28.1 Å². The minimum Gasteiger partial charge on any atom is -0.387 e. The third kappa shape index (κ3) is 1.39. The van der Waals surface area contributed by atoms with E-state index in [0.29, 0.717) is 4.83 Å². The Balaban J connectivity index is 1.99. The molecule has 0 radical (unpaired) electrons. The fourth-order valence-electron chi connectivity index (χ4n) is 4.89. The molecule has 2 aliphatic carbocycles. The van der Waals surface area contributed by atoms with Crippen molar-refractivity contribution >= 4 is 15.9 Å².